The number of aryl methyl sites for hydroxylation is 1. The largest absolute Gasteiger partial charge is 0.494 e. The van der Waals surface area contributed by atoms with Crippen molar-refractivity contribution < 1.29 is 13.2 Å². The van der Waals surface area contributed by atoms with Crippen LogP contribution in [-0.2, 0) is 10.0 Å². The van der Waals surface area contributed by atoms with Gasteiger partial charge in [-0.25, -0.2) is 13.4 Å². The van der Waals surface area contributed by atoms with Crippen LogP contribution in [0.25, 0.3) is 32.8 Å². The molecule has 2 aromatic heterocycles. The number of methoxy groups -OCH3 is 1. The van der Waals surface area contributed by atoms with Crippen molar-refractivity contribution in [2.24, 2.45) is 0 Å². The van der Waals surface area contributed by atoms with Crippen LogP contribution in [0, 0.1) is 6.92 Å². The maximum Gasteiger partial charge on any atom is 0.229 e. The molecule has 3 aromatic carbocycles. The Morgan fingerprint density at radius 3 is 2.59 bits per heavy atom. The van der Waals surface area contributed by atoms with Crippen molar-refractivity contribution >= 4 is 59.9 Å². The van der Waals surface area contributed by atoms with E-state index in [2.05, 4.69) is 40.1 Å². The third-order valence-corrected chi connectivity index (χ3v) is 5.95. The van der Waals surface area contributed by atoms with Crippen LogP contribution in [0.15, 0.2) is 60.7 Å². The third kappa shape index (κ3) is 3.58. The topological polar surface area (TPSA) is 96.1 Å². The predicted octanol–water partition coefficient (Wildman–Crippen LogP) is 5.30. The van der Waals surface area contributed by atoms with Crippen LogP contribution in [0.1, 0.15) is 5.56 Å². The number of hydrogen-bond acceptors (Lipinski definition) is 5. The maximum atomic E-state index is 11.6. The van der Waals surface area contributed by atoms with E-state index < -0.39 is 10.0 Å². The summed E-state index contributed by atoms with van der Waals surface area (Å²) in [6, 6.07) is 19.4. The Balaban J connectivity index is 1.72. The molecule has 0 spiro atoms. The molecule has 32 heavy (non-hydrogen) atoms. The van der Waals surface area contributed by atoms with Gasteiger partial charge in [0.05, 0.1) is 47.0 Å². The zero-order valence-corrected chi connectivity index (χ0v) is 18.7. The molecule has 0 aliphatic heterocycles. The van der Waals surface area contributed by atoms with E-state index in [1.165, 1.54) is 5.56 Å². The summed E-state index contributed by atoms with van der Waals surface area (Å²) < 4.78 is 31.2. The smallest absolute Gasteiger partial charge is 0.229 e. The van der Waals surface area contributed by atoms with Crippen LogP contribution in [0.3, 0.4) is 0 Å². The number of aromatic amines is 1. The molecule has 0 aliphatic carbocycles. The lowest BCUT2D eigenvalue weighted by Crippen LogP contribution is -2.09. The molecule has 7 nitrogen and oxygen atoms in total. The van der Waals surface area contributed by atoms with Gasteiger partial charge in [-0.05, 0) is 37.3 Å². The van der Waals surface area contributed by atoms with Crippen LogP contribution in [-0.4, -0.2) is 31.8 Å². The molecule has 0 saturated heterocycles. The van der Waals surface area contributed by atoms with Gasteiger partial charge in [0.25, 0.3) is 0 Å². The Morgan fingerprint density at radius 2 is 1.81 bits per heavy atom. The number of aromatic nitrogens is 2. The molecule has 5 aromatic rings. The van der Waals surface area contributed by atoms with Crippen LogP contribution >= 0.6 is 0 Å². The third-order valence-electron chi connectivity index (χ3n) is 5.35. The van der Waals surface area contributed by atoms with Crippen molar-refractivity contribution in [3.05, 3.63) is 66.2 Å². The SMILES string of the molecule is COc1cc(NS(C)(=O)=O)ccc1Nc1c2ccccc2nc2c1[nH]c1ccc(C)cc12. The second-order valence-electron chi connectivity index (χ2n) is 7.82. The van der Waals surface area contributed by atoms with E-state index >= 15 is 0 Å². The minimum Gasteiger partial charge on any atom is -0.494 e. The molecule has 8 heteroatoms. The lowest BCUT2D eigenvalue weighted by atomic mass is 10.1. The van der Waals surface area contributed by atoms with Crippen LogP contribution in [0.5, 0.6) is 5.75 Å². The number of sulfonamides is 1. The first-order valence-electron chi connectivity index (χ1n) is 10.1. The molecule has 0 unspecified atom stereocenters. The minimum absolute atomic E-state index is 0.431. The fourth-order valence-corrected chi connectivity index (χ4v) is 4.52. The van der Waals surface area contributed by atoms with Gasteiger partial charge < -0.3 is 15.0 Å². The van der Waals surface area contributed by atoms with E-state index in [9.17, 15) is 8.42 Å². The number of pyridine rings is 1. The van der Waals surface area contributed by atoms with Crippen molar-refractivity contribution in [2.45, 2.75) is 6.92 Å². The molecule has 0 aliphatic rings. The van der Waals surface area contributed by atoms with Gasteiger partial charge in [-0.15, -0.1) is 0 Å². The predicted molar refractivity (Wildman–Crippen MR) is 131 cm³/mol. The molecular weight excluding hydrogens is 424 g/mol. The molecule has 0 fully saturated rings. The van der Waals surface area contributed by atoms with Crippen LogP contribution < -0.4 is 14.8 Å². The highest BCUT2D eigenvalue weighted by atomic mass is 32.2. The number of ether oxygens (including phenoxy) is 1. The number of nitrogens with zero attached hydrogens (tertiary/aromatic N) is 1. The van der Waals surface area contributed by atoms with Crippen molar-refractivity contribution in [2.75, 3.05) is 23.4 Å². The summed E-state index contributed by atoms with van der Waals surface area (Å²) in [6.45, 7) is 2.06. The molecule has 0 amide bonds. The lowest BCUT2D eigenvalue weighted by Gasteiger charge is -2.15. The van der Waals surface area contributed by atoms with E-state index in [1.54, 1.807) is 25.3 Å². The quantitative estimate of drug-likeness (QED) is 0.340. The maximum absolute atomic E-state index is 11.6. The molecule has 0 bridgehead atoms. The fourth-order valence-electron chi connectivity index (χ4n) is 3.96. The highest BCUT2D eigenvalue weighted by Crippen LogP contribution is 2.39. The summed E-state index contributed by atoms with van der Waals surface area (Å²) in [6.07, 6.45) is 1.11. The summed E-state index contributed by atoms with van der Waals surface area (Å²) in [5, 5.41) is 5.53. The Hall–Kier alpha value is -3.78. The molecule has 5 rings (SSSR count). The van der Waals surface area contributed by atoms with Crippen molar-refractivity contribution in [1.29, 1.82) is 0 Å². The second-order valence-corrected chi connectivity index (χ2v) is 9.56. The van der Waals surface area contributed by atoms with Gasteiger partial charge >= 0.3 is 0 Å². The normalized spacial score (nSPS) is 11.8. The van der Waals surface area contributed by atoms with Crippen molar-refractivity contribution in [3.8, 4) is 5.75 Å². The zero-order valence-electron chi connectivity index (χ0n) is 17.9. The summed E-state index contributed by atoms with van der Waals surface area (Å²) in [4.78, 5) is 8.44. The summed E-state index contributed by atoms with van der Waals surface area (Å²) >= 11 is 0. The molecular formula is C24H22N4O3S. The Morgan fingerprint density at radius 1 is 1.00 bits per heavy atom. The second kappa shape index (κ2) is 7.42. The highest BCUT2D eigenvalue weighted by molar-refractivity contribution is 7.92. The van der Waals surface area contributed by atoms with E-state index in [4.69, 9.17) is 9.72 Å². The number of nitrogens with one attached hydrogen (secondary N) is 3. The lowest BCUT2D eigenvalue weighted by molar-refractivity contribution is 0.417. The highest BCUT2D eigenvalue weighted by Gasteiger charge is 2.16. The number of benzene rings is 3. The molecule has 2 heterocycles. The van der Waals surface area contributed by atoms with Crippen molar-refractivity contribution in [1.82, 2.24) is 9.97 Å². The van der Waals surface area contributed by atoms with E-state index in [1.807, 2.05) is 24.3 Å². The summed E-state index contributed by atoms with van der Waals surface area (Å²) in [5.74, 6) is 0.514. The first-order valence-corrected chi connectivity index (χ1v) is 12.0. The van der Waals surface area contributed by atoms with Crippen molar-refractivity contribution in [3.63, 3.8) is 0 Å². The first-order chi connectivity index (χ1) is 15.3. The van der Waals surface area contributed by atoms with E-state index in [0.29, 0.717) is 17.1 Å². The van der Waals surface area contributed by atoms with Crippen LogP contribution in [0.2, 0.25) is 0 Å². The average Bonchev–Trinajstić information content (AvgIpc) is 3.11. The van der Waals surface area contributed by atoms with Gasteiger partial charge in [0.2, 0.25) is 10.0 Å². The van der Waals surface area contributed by atoms with Gasteiger partial charge in [-0.2, -0.15) is 0 Å². The summed E-state index contributed by atoms with van der Waals surface area (Å²) in [7, 11) is -1.84. The number of rotatable bonds is 5. The molecule has 0 saturated carbocycles. The molecule has 0 atom stereocenters. The minimum atomic E-state index is -3.39. The number of H-pyrrole nitrogens is 1. The van der Waals surface area contributed by atoms with Gasteiger partial charge in [0.1, 0.15) is 5.75 Å². The number of fused-ring (bicyclic) bond motifs is 4. The zero-order chi connectivity index (χ0) is 22.5. The molecule has 0 radical (unpaired) electrons. The number of anilines is 3. The number of para-hydroxylation sites is 1. The Bertz CT molecular complexity index is 1610. The first kappa shape index (κ1) is 20.1. The monoisotopic (exact) mass is 446 g/mol. The van der Waals surface area contributed by atoms with Gasteiger partial charge in [0.15, 0.2) is 0 Å². The Labute approximate surface area is 185 Å². The standard InChI is InChI=1S/C24H22N4O3S/c1-14-8-10-19-17(12-14)23-24(26-19)22(16-6-4-5-7-18(16)25-23)27-20-11-9-15(13-21(20)31-2)28-32(3,29)30/h4-13,26,28H,1-3H3,(H,25,27). The molecule has 3 N–H and O–H groups in total. The van der Waals surface area contributed by atoms with Crippen LogP contribution in [0.4, 0.5) is 17.1 Å². The van der Waals surface area contributed by atoms with E-state index in [-0.39, 0.29) is 0 Å². The summed E-state index contributed by atoms with van der Waals surface area (Å²) in [5.41, 5.74) is 6.85. The average molecular weight is 447 g/mol. The van der Waals surface area contributed by atoms with Gasteiger partial charge in [-0.3, -0.25) is 4.72 Å². The fraction of sp³-hybridized carbons (Fsp3) is 0.125. The molecule has 162 valence electrons. The van der Waals surface area contributed by atoms with Gasteiger partial charge in [0, 0.05) is 22.4 Å². The van der Waals surface area contributed by atoms with E-state index in [0.717, 1.165) is 44.8 Å². The number of hydrogen-bond donors (Lipinski definition) is 3. The Kier molecular flexibility index (Phi) is 4.67. The van der Waals surface area contributed by atoms with Gasteiger partial charge in [-0.1, -0.05) is 29.8 Å².